The van der Waals surface area contributed by atoms with Gasteiger partial charge in [-0.05, 0) is 30.5 Å². The minimum Gasteiger partial charge on any atom is -0.484 e. The number of amides is 1. The van der Waals surface area contributed by atoms with Crippen molar-refractivity contribution in [2.24, 2.45) is 0 Å². The number of carbonyl (C=O) groups excluding carboxylic acids is 1. The molecule has 1 aromatic heterocycles. The van der Waals surface area contributed by atoms with Crippen molar-refractivity contribution in [3.8, 4) is 17.0 Å². The van der Waals surface area contributed by atoms with Crippen LogP contribution in [0.15, 0.2) is 60.7 Å². The van der Waals surface area contributed by atoms with E-state index < -0.39 is 9.84 Å². The van der Waals surface area contributed by atoms with Gasteiger partial charge in [0.15, 0.2) is 16.4 Å². The number of aromatic nitrogens is 2. The molecule has 162 valence electrons. The summed E-state index contributed by atoms with van der Waals surface area (Å²) < 4.78 is 31.2. The van der Waals surface area contributed by atoms with Crippen LogP contribution in [0.2, 0.25) is 0 Å². The van der Waals surface area contributed by atoms with Crippen LogP contribution in [0.4, 0.5) is 5.82 Å². The zero-order valence-corrected chi connectivity index (χ0v) is 18.1. The Labute approximate surface area is 182 Å². The highest BCUT2D eigenvalue weighted by Gasteiger charge is 2.31. The van der Waals surface area contributed by atoms with Gasteiger partial charge in [-0.3, -0.25) is 4.79 Å². The average Bonchev–Trinajstić information content (AvgIpc) is 3.36. The topological polar surface area (TPSA) is 90.3 Å². The van der Waals surface area contributed by atoms with Crippen LogP contribution in [0, 0.1) is 0 Å². The number of sulfone groups is 1. The fourth-order valence-electron chi connectivity index (χ4n) is 3.63. The number of nitrogens with one attached hydrogen (secondary N) is 1. The first-order chi connectivity index (χ1) is 14.9. The first-order valence-corrected chi connectivity index (χ1v) is 12.1. The quantitative estimate of drug-likeness (QED) is 0.609. The van der Waals surface area contributed by atoms with E-state index in [2.05, 4.69) is 17.3 Å². The molecule has 1 aliphatic heterocycles. The molecule has 1 saturated heterocycles. The minimum absolute atomic E-state index is 0.0199. The minimum atomic E-state index is -3.09. The standard InChI is InChI=1S/C23H25N3O4S/c1-2-17-8-10-20(11-9-17)30-15-23(27)24-22-14-21(18-6-4-3-5-7-18)25-26(22)19-12-13-31(28,29)16-19/h3-11,14,19H,2,12-13,15-16H2,1H3,(H,24,27)/t19-/m1/s1. The summed E-state index contributed by atoms with van der Waals surface area (Å²) in [5.74, 6) is 0.902. The van der Waals surface area contributed by atoms with Crippen LogP contribution in [-0.4, -0.2) is 42.2 Å². The van der Waals surface area contributed by atoms with E-state index in [1.165, 1.54) is 5.56 Å². The Morgan fingerprint density at radius 2 is 1.90 bits per heavy atom. The first-order valence-electron chi connectivity index (χ1n) is 10.3. The zero-order chi connectivity index (χ0) is 21.8. The smallest absolute Gasteiger partial charge is 0.263 e. The monoisotopic (exact) mass is 439 g/mol. The Hall–Kier alpha value is -3.13. The molecule has 31 heavy (non-hydrogen) atoms. The molecule has 1 N–H and O–H groups in total. The lowest BCUT2D eigenvalue weighted by Crippen LogP contribution is -2.23. The fourth-order valence-corrected chi connectivity index (χ4v) is 5.33. The molecule has 2 aromatic carbocycles. The summed E-state index contributed by atoms with van der Waals surface area (Å²) in [5, 5.41) is 7.45. The van der Waals surface area contributed by atoms with Crippen molar-refractivity contribution in [1.82, 2.24) is 9.78 Å². The van der Waals surface area contributed by atoms with Crippen LogP contribution in [-0.2, 0) is 21.1 Å². The van der Waals surface area contributed by atoms with Gasteiger partial charge in [-0.1, -0.05) is 49.4 Å². The lowest BCUT2D eigenvalue weighted by atomic mass is 10.1. The number of hydrogen-bond donors (Lipinski definition) is 1. The summed E-state index contributed by atoms with van der Waals surface area (Å²) >= 11 is 0. The Morgan fingerprint density at radius 3 is 2.55 bits per heavy atom. The van der Waals surface area contributed by atoms with Crippen molar-refractivity contribution >= 4 is 21.6 Å². The molecule has 1 aliphatic rings. The number of hydrogen-bond acceptors (Lipinski definition) is 5. The number of aryl methyl sites for hydroxylation is 1. The highest BCUT2D eigenvalue weighted by atomic mass is 32.2. The van der Waals surface area contributed by atoms with Gasteiger partial charge in [0.25, 0.3) is 5.91 Å². The summed E-state index contributed by atoms with van der Waals surface area (Å²) in [6, 6.07) is 18.7. The van der Waals surface area contributed by atoms with Crippen molar-refractivity contribution in [2.75, 3.05) is 23.4 Å². The van der Waals surface area contributed by atoms with Gasteiger partial charge in [-0.25, -0.2) is 13.1 Å². The van der Waals surface area contributed by atoms with E-state index in [0.29, 0.717) is 23.7 Å². The predicted molar refractivity (Wildman–Crippen MR) is 120 cm³/mol. The second-order valence-corrected chi connectivity index (χ2v) is 9.85. The molecule has 1 atom stereocenters. The van der Waals surface area contributed by atoms with Crippen LogP contribution >= 0.6 is 0 Å². The van der Waals surface area contributed by atoms with E-state index in [-0.39, 0.29) is 30.1 Å². The summed E-state index contributed by atoms with van der Waals surface area (Å²) in [7, 11) is -3.09. The maximum Gasteiger partial charge on any atom is 0.263 e. The van der Waals surface area contributed by atoms with Crippen molar-refractivity contribution < 1.29 is 17.9 Å². The summed E-state index contributed by atoms with van der Waals surface area (Å²) in [6.45, 7) is 1.92. The zero-order valence-electron chi connectivity index (χ0n) is 17.3. The van der Waals surface area contributed by atoms with Crippen molar-refractivity contribution in [3.05, 3.63) is 66.2 Å². The van der Waals surface area contributed by atoms with E-state index in [1.54, 1.807) is 10.7 Å². The lowest BCUT2D eigenvalue weighted by Gasteiger charge is -2.14. The molecular weight excluding hydrogens is 414 g/mol. The first kappa shape index (κ1) is 21.1. The highest BCUT2D eigenvalue weighted by Crippen LogP contribution is 2.30. The molecule has 4 rings (SSSR count). The van der Waals surface area contributed by atoms with Gasteiger partial charge in [0.05, 0.1) is 23.2 Å². The third-order valence-electron chi connectivity index (χ3n) is 5.33. The summed E-state index contributed by atoms with van der Waals surface area (Å²) in [5.41, 5.74) is 2.77. The maximum absolute atomic E-state index is 12.6. The second kappa shape index (κ2) is 8.93. The summed E-state index contributed by atoms with van der Waals surface area (Å²) in [6.07, 6.45) is 1.41. The van der Waals surface area contributed by atoms with Crippen molar-refractivity contribution in [3.63, 3.8) is 0 Å². The molecule has 2 heterocycles. The molecule has 1 amide bonds. The Kier molecular flexibility index (Phi) is 6.08. The number of carbonyl (C=O) groups is 1. The van der Waals surface area contributed by atoms with E-state index in [1.807, 2.05) is 54.6 Å². The largest absolute Gasteiger partial charge is 0.484 e. The number of benzene rings is 2. The van der Waals surface area contributed by atoms with Gasteiger partial charge in [0, 0.05) is 11.6 Å². The molecule has 8 heteroatoms. The van der Waals surface area contributed by atoms with Crippen LogP contribution in [0.1, 0.15) is 24.9 Å². The van der Waals surface area contributed by atoms with E-state index in [9.17, 15) is 13.2 Å². The fraction of sp³-hybridized carbons (Fsp3) is 0.304. The molecular formula is C23H25N3O4S. The lowest BCUT2D eigenvalue weighted by molar-refractivity contribution is -0.118. The third-order valence-corrected chi connectivity index (χ3v) is 7.08. The van der Waals surface area contributed by atoms with E-state index >= 15 is 0 Å². The Morgan fingerprint density at radius 1 is 1.16 bits per heavy atom. The van der Waals surface area contributed by atoms with Gasteiger partial charge in [0.2, 0.25) is 0 Å². The number of nitrogens with zero attached hydrogens (tertiary/aromatic N) is 2. The molecule has 1 fully saturated rings. The van der Waals surface area contributed by atoms with Crippen molar-refractivity contribution in [2.45, 2.75) is 25.8 Å². The SMILES string of the molecule is CCc1ccc(OCC(=O)Nc2cc(-c3ccccc3)nn2[C@@H]2CCS(=O)(=O)C2)cc1. The highest BCUT2D eigenvalue weighted by molar-refractivity contribution is 7.91. The number of rotatable bonds is 7. The van der Waals surface area contributed by atoms with Crippen LogP contribution in [0.3, 0.4) is 0 Å². The normalized spacial score (nSPS) is 17.4. The van der Waals surface area contributed by atoms with Gasteiger partial charge < -0.3 is 10.1 Å². The third kappa shape index (κ3) is 5.14. The van der Waals surface area contributed by atoms with Crippen molar-refractivity contribution in [1.29, 1.82) is 0 Å². The van der Waals surface area contributed by atoms with Crippen LogP contribution in [0.25, 0.3) is 11.3 Å². The molecule has 0 saturated carbocycles. The summed E-state index contributed by atoms with van der Waals surface area (Å²) in [4.78, 5) is 12.6. The number of anilines is 1. The molecule has 0 radical (unpaired) electrons. The van der Waals surface area contributed by atoms with Crippen LogP contribution < -0.4 is 10.1 Å². The molecule has 0 unspecified atom stereocenters. The molecule has 3 aromatic rings. The van der Waals surface area contributed by atoms with Gasteiger partial charge in [0.1, 0.15) is 11.6 Å². The van der Waals surface area contributed by atoms with E-state index in [0.717, 1.165) is 12.0 Å². The molecule has 7 nitrogen and oxygen atoms in total. The Balaban J connectivity index is 1.51. The van der Waals surface area contributed by atoms with Gasteiger partial charge in [-0.2, -0.15) is 5.10 Å². The van der Waals surface area contributed by atoms with Crippen LogP contribution in [0.5, 0.6) is 5.75 Å². The second-order valence-electron chi connectivity index (χ2n) is 7.62. The average molecular weight is 440 g/mol. The molecule has 0 bridgehead atoms. The molecule has 0 spiro atoms. The maximum atomic E-state index is 12.6. The van der Waals surface area contributed by atoms with E-state index in [4.69, 9.17) is 4.74 Å². The number of ether oxygens (including phenoxy) is 1. The molecule has 0 aliphatic carbocycles. The Bertz CT molecular complexity index is 1160. The van der Waals surface area contributed by atoms with Gasteiger partial charge in [-0.15, -0.1) is 0 Å². The van der Waals surface area contributed by atoms with Gasteiger partial charge >= 0.3 is 0 Å². The predicted octanol–water partition coefficient (Wildman–Crippen LogP) is 3.49.